The van der Waals surface area contributed by atoms with Crippen LogP contribution < -0.4 is 4.90 Å². The fourth-order valence-electron chi connectivity index (χ4n) is 2.27. The molecule has 22 heavy (non-hydrogen) atoms. The number of rotatable bonds is 6. The standard InChI is InChI=1S/C17H18N2O3/c1-18(15-10-6-3-7-11-15)17(20)16(19(21)22)13-12-14-8-4-2-5-9-14/h2-11,16H,12-13H2,1H3. The molecule has 5 nitrogen and oxygen atoms in total. The van der Waals surface area contributed by atoms with E-state index in [0.717, 1.165) is 5.56 Å². The Morgan fingerprint density at radius 2 is 1.64 bits per heavy atom. The van der Waals surface area contributed by atoms with Crippen LogP contribution in [0.25, 0.3) is 0 Å². The van der Waals surface area contributed by atoms with Gasteiger partial charge in [0.2, 0.25) is 0 Å². The molecule has 0 aliphatic heterocycles. The summed E-state index contributed by atoms with van der Waals surface area (Å²) in [5.74, 6) is -0.493. The van der Waals surface area contributed by atoms with Gasteiger partial charge in [-0.1, -0.05) is 48.5 Å². The maximum atomic E-state index is 12.4. The van der Waals surface area contributed by atoms with E-state index in [-0.39, 0.29) is 6.42 Å². The Hall–Kier alpha value is -2.69. The minimum Gasteiger partial charge on any atom is -0.310 e. The van der Waals surface area contributed by atoms with E-state index >= 15 is 0 Å². The van der Waals surface area contributed by atoms with Gasteiger partial charge in [0.25, 0.3) is 6.04 Å². The Labute approximate surface area is 129 Å². The van der Waals surface area contributed by atoms with Gasteiger partial charge in [0.1, 0.15) is 0 Å². The molecular weight excluding hydrogens is 280 g/mol. The summed E-state index contributed by atoms with van der Waals surface area (Å²) in [6.07, 6.45) is 0.688. The Bertz CT molecular complexity index is 629. The van der Waals surface area contributed by atoms with Gasteiger partial charge in [-0.25, -0.2) is 0 Å². The van der Waals surface area contributed by atoms with Crippen molar-refractivity contribution in [3.63, 3.8) is 0 Å². The van der Waals surface area contributed by atoms with E-state index in [1.54, 1.807) is 31.3 Å². The maximum Gasteiger partial charge on any atom is 0.301 e. The molecule has 1 atom stereocenters. The summed E-state index contributed by atoms with van der Waals surface area (Å²) in [6.45, 7) is 0. The van der Waals surface area contributed by atoms with Crippen LogP contribution >= 0.6 is 0 Å². The number of nitrogens with zero attached hydrogens (tertiary/aromatic N) is 2. The molecule has 0 N–H and O–H groups in total. The fraction of sp³-hybridized carbons (Fsp3) is 0.235. The van der Waals surface area contributed by atoms with Crippen LogP contribution in [0.15, 0.2) is 60.7 Å². The summed E-state index contributed by atoms with van der Waals surface area (Å²) in [6, 6.07) is 17.2. The molecule has 0 heterocycles. The molecule has 5 heteroatoms. The number of nitro groups is 1. The van der Waals surface area contributed by atoms with E-state index in [1.165, 1.54) is 4.90 Å². The van der Waals surface area contributed by atoms with Crippen LogP contribution in [0.4, 0.5) is 5.69 Å². The number of carbonyl (C=O) groups is 1. The Balaban J connectivity index is 2.07. The zero-order valence-electron chi connectivity index (χ0n) is 12.4. The molecule has 0 aromatic heterocycles. The van der Waals surface area contributed by atoms with Crippen molar-refractivity contribution in [1.82, 2.24) is 0 Å². The quantitative estimate of drug-likeness (QED) is 0.608. The van der Waals surface area contributed by atoms with Gasteiger partial charge >= 0.3 is 5.91 Å². The highest BCUT2D eigenvalue weighted by Gasteiger charge is 2.32. The van der Waals surface area contributed by atoms with Crippen molar-refractivity contribution in [2.75, 3.05) is 11.9 Å². The molecule has 0 fully saturated rings. The predicted molar refractivity (Wildman–Crippen MR) is 85.4 cm³/mol. The molecule has 114 valence electrons. The lowest BCUT2D eigenvalue weighted by Gasteiger charge is -2.19. The molecule has 0 radical (unpaired) electrons. The van der Waals surface area contributed by atoms with Crippen LogP contribution in [0.2, 0.25) is 0 Å². The molecule has 2 aromatic rings. The van der Waals surface area contributed by atoms with Crippen LogP contribution in [0, 0.1) is 10.1 Å². The SMILES string of the molecule is CN(C(=O)C(CCc1ccccc1)[N+](=O)[O-])c1ccccc1. The second-order valence-electron chi connectivity index (χ2n) is 5.06. The summed E-state index contributed by atoms with van der Waals surface area (Å²) in [4.78, 5) is 24.5. The largest absolute Gasteiger partial charge is 0.310 e. The molecule has 0 aliphatic carbocycles. The van der Waals surface area contributed by atoms with E-state index in [9.17, 15) is 14.9 Å². The minimum atomic E-state index is -1.23. The first-order valence-corrected chi connectivity index (χ1v) is 7.09. The molecule has 1 unspecified atom stereocenters. The lowest BCUT2D eigenvalue weighted by atomic mass is 10.0. The van der Waals surface area contributed by atoms with E-state index in [0.29, 0.717) is 12.1 Å². The third kappa shape index (κ3) is 3.91. The Morgan fingerprint density at radius 1 is 1.09 bits per heavy atom. The highest BCUT2D eigenvalue weighted by molar-refractivity contribution is 5.95. The van der Waals surface area contributed by atoms with Crippen LogP contribution in [0.3, 0.4) is 0 Å². The number of hydrogen-bond acceptors (Lipinski definition) is 3. The first-order valence-electron chi connectivity index (χ1n) is 7.09. The molecule has 0 bridgehead atoms. The van der Waals surface area contributed by atoms with Gasteiger partial charge in [-0.3, -0.25) is 14.9 Å². The average Bonchev–Trinajstić information content (AvgIpc) is 2.55. The van der Waals surface area contributed by atoms with Gasteiger partial charge in [-0.2, -0.15) is 0 Å². The summed E-state index contributed by atoms with van der Waals surface area (Å²) in [7, 11) is 1.57. The van der Waals surface area contributed by atoms with E-state index in [1.807, 2.05) is 36.4 Å². The van der Waals surface area contributed by atoms with Crippen molar-refractivity contribution in [1.29, 1.82) is 0 Å². The molecule has 0 saturated carbocycles. The topological polar surface area (TPSA) is 63.5 Å². The van der Waals surface area contributed by atoms with Crippen molar-refractivity contribution in [3.8, 4) is 0 Å². The molecule has 2 rings (SSSR count). The van der Waals surface area contributed by atoms with Gasteiger partial charge < -0.3 is 4.90 Å². The second-order valence-corrected chi connectivity index (χ2v) is 5.06. The number of likely N-dealkylation sites (N-methyl/N-ethyl adjacent to an activating group) is 1. The summed E-state index contributed by atoms with van der Waals surface area (Å²) >= 11 is 0. The van der Waals surface area contributed by atoms with Crippen molar-refractivity contribution in [2.24, 2.45) is 0 Å². The Morgan fingerprint density at radius 3 is 2.18 bits per heavy atom. The third-order valence-corrected chi connectivity index (χ3v) is 3.56. The molecule has 0 saturated heterocycles. The number of para-hydroxylation sites is 1. The number of benzene rings is 2. The van der Waals surface area contributed by atoms with Crippen LogP contribution in [0.1, 0.15) is 12.0 Å². The zero-order valence-corrected chi connectivity index (χ0v) is 12.4. The number of anilines is 1. The summed E-state index contributed by atoms with van der Waals surface area (Å²) in [5, 5.41) is 11.3. The first-order chi connectivity index (χ1) is 10.6. The number of carbonyl (C=O) groups excluding carboxylic acids is 1. The zero-order chi connectivity index (χ0) is 15.9. The molecule has 2 aromatic carbocycles. The van der Waals surface area contributed by atoms with Crippen LogP contribution in [-0.2, 0) is 11.2 Å². The lowest BCUT2D eigenvalue weighted by molar-refractivity contribution is -0.508. The number of hydrogen-bond donors (Lipinski definition) is 0. The van der Waals surface area contributed by atoms with Crippen molar-refractivity contribution >= 4 is 11.6 Å². The van der Waals surface area contributed by atoms with Crippen molar-refractivity contribution in [2.45, 2.75) is 18.9 Å². The molecule has 0 spiro atoms. The van der Waals surface area contributed by atoms with E-state index in [4.69, 9.17) is 0 Å². The smallest absolute Gasteiger partial charge is 0.301 e. The highest BCUT2D eigenvalue weighted by atomic mass is 16.6. The summed E-state index contributed by atoms with van der Waals surface area (Å²) in [5.41, 5.74) is 1.64. The Kier molecular flexibility index (Phi) is 5.25. The average molecular weight is 298 g/mol. The van der Waals surface area contributed by atoms with Crippen molar-refractivity contribution in [3.05, 3.63) is 76.3 Å². The fourth-order valence-corrected chi connectivity index (χ4v) is 2.27. The van der Waals surface area contributed by atoms with Crippen molar-refractivity contribution < 1.29 is 9.72 Å². The number of aryl methyl sites for hydroxylation is 1. The normalized spacial score (nSPS) is 11.7. The first kappa shape index (κ1) is 15.7. The third-order valence-electron chi connectivity index (χ3n) is 3.56. The van der Waals surface area contributed by atoms with Gasteiger partial charge in [0.05, 0.1) is 0 Å². The second kappa shape index (κ2) is 7.36. The molecular formula is C17H18N2O3. The number of amides is 1. The lowest BCUT2D eigenvalue weighted by Crippen LogP contribution is -2.41. The van der Waals surface area contributed by atoms with Crippen LogP contribution in [-0.4, -0.2) is 23.9 Å². The predicted octanol–water partition coefficient (Wildman–Crippen LogP) is 2.93. The van der Waals surface area contributed by atoms with Gasteiger partial charge in [-0.05, 0) is 24.1 Å². The summed E-state index contributed by atoms with van der Waals surface area (Å²) < 4.78 is 0. The van der Waals surface area contributed by atoms with Crippen LogP contribution in [0.5, 0.6) is 0 Å². The van der Waals surface area contributed by atoms with E-state index in [2.05, 4.69) is 0 Å². The van der Waals surface area contributed by atoms with Gasteiger partial charge in [-0.15, -0.1) is 0 Å². The highest BCUT2D eigenvalue weighted by Crippen LogP contribution is 2.15. The van der Waals surface area contributed by atoms with E-state index < -0.39 is 16.9 Å². The maximum absolute atomic E-state index is 12.4. The molecule has 0 aliphatic rings. The minimum absolute atomic E-state index is 0.188. The van der Waals surface area contributed by atoms with Gasteiger partial charge in [0, 0.05) is 24.1 Å². The molecule has 1 amide bonds. The van der Waals surface area contributed by atoms with Gasteiger partial charge in [0.15, 0.2) is 0 Å². The monoisotopic (exact) mass is 298 g/mol.